The van der Waals surface area contributed by atoms with Gasteiger partial charge in [0.15, 0.2) is 5.96 Å². The first kappa shape index (κ1) is 20.6. The van der Waals surface area contributed by atoms with Gasteiger partial charge in [0.25, 0.3) is 0 Å². The van der Waals surface area contributed by atoms with Crippen molar-refractivity contribution in [2.24, 2.45) is 10.7 Å². The molecule has 0 unspecified atom stereocenters. The Hall–Kier alpha value is -1.68. The molecule has 1 fully saturated rings. The van der Waals surface area contributed by atoms with E-state index in [2.05, 4.69) is 15.2 Å². The summed E-state index contributed by atoms with van der Waals surface area (Å²) in [7, 11) is -0.375. The Morgan fingerprint density at radius 3 is 2.54 bits per heavy atom. The van der Waals surface area contributed by atoms with Crippen molar-refractivity contribution < 1.29 is 13.2 Å². The summed E-state index contributed by atoms with van der Waals surface area (Å²) in [5, 5.41) is 3.11. The molecule has 1 saturated heterocycles. The van der Waals surface area contributed by atoms with E-state index >= 15 is 0 Å². The number of aliphatic imine (C=N–C) groups is 1. The molecule has 0 bridgehead atoms. The quantitative estimate of drug-likeness (QED) is 0.374. The van der Waals surface area contributed by atoms with E-state index in [1.54, 1.807) is 24.3 Å². The van der Waals surface area contributed by atoms with Gasteiger partial charge in [-0.2, -0.15) is 0 Å². The van der Waals surface area contributed by atoms with Crippen molar-refractivity contribution >= 4 is 16.0 Å². The van der Waals surface area contributed by atoms with E-state index in [4.69, 9.17) is 10.5 Å². The molecule has 1 aromatic carbocycles. The maximum Gasteiger partial charge on any atom is 0.242 e. The molecule has 1 aliphatic rings. The minimum atomic E-state index is -3.40. The van der Waals surface area contributed by atoms with Crippen LogP contribution in [0.1, 0.15) is 12.0 Å². The Bertz CT molecular complexity index is 683. The van der Waals surface area contributed by atoms with E-state index in [9.17, 15) is 8.42 Å². The highest BCUT2D eigenvalue weighted by Crippen LogP contribution is 2.14. The number of guanidine groups is 1. The summed E-state index contributed by atoms with van der Waals surface area (Å²) in [5.41, 5.74) is 6.79. The van der Waals surface area contributed by atoms with Crippen molar-refractivity contribution in [3.05, 3.63) is 29.8 Å². The Kier molecular flexibility index (Phi) is 7.83. The van der Waals surface area contributed by atoms with Gasteiger partial charge in [-0.05, 0) is 30.7 Å². The lowest BCUT2D eigenvalue weighted by atomic mass is 10.2. The smallest absolute Gasteiger partial charge is 0.242 e. The summed E-state index contributed by atoms with van der Waals surface area (Å²) in [6.07, 6.45) is 0.993. The fraction of sp³-hybridized carbons (Fsp3) is 0.588. The van der Waals surface area contributed by atoms with Crippen LogP contribution in [0.25, 0.3) is 0 Å². The third-order valence-corrected chi connectivity index (χ3v) is 6.02. The average Bonchev–Trinajstić information content (AvgIpc) is 2.64. The van der Waals surface area contributed by atoms with E-state index in [0.717, 1.165) is 51.4 Å². The van der Waals surface area contributed by atoms with Gasteiger partial charge in [0.1, 0.15) is 0 Å². The van der Waals surface area contributed by atoms with Crippen LogP contribution in [0.3, 0.4) is 0 Å². The maximum absolute atomic E-state index is 12.0. The first-order valence-electron chi connectivity index (χ1n) is 8.75. The molecule has 0 radical (unpaired) electrons. The molecule has 3 N–H and O–H groups in total. The predicted molar refractivity (Wildman–Crippen MR) is 103 cm³/mol. The lowest BCUT2D eigenvalue weighted by molar-refractivity contribution is 0.0376. The highest BCUT2D eigenvalue weighted by molar-refractivity contribution is 7.89. The lowest BCUT2D eigenvalue weighted by Crippen LogP contribution is -2.39. The zero-order valence-electron chi connectivity index (χ0n) is 15.5. The minimum Gasteiger partial charge on any atom is -0.379 e. The van der Waals surface area contributed by atoms with Crippen LogP contribution < -0.4 is 11.1 Å². The van der Waals surface area contributed by atoms with Crippen LogP contribution in [-0.2, 0) is 21.3 Å². The van der Waals surface area contributed by atoms with Crippen LogP contribution >= 0.6 is 0 Å². The molecule has 0 aliphatic carbocycles. The van der Waals surface area contributed by atoms with Gasteiger partial charge in [-0.15, -0.1) is 0 Å². The molecule has 1 aliphatic heterocycles. The second-order valence-corrected chi connectivity index (χ2v) is 8.52. The number of benzene rings is 1. The fourth-order valence-electron chi connectivity index (χ4n) is 2.55. The molecule has 8 nitrogen and oxygen atoms in total. The minimum absolute atomic E-state index is 0.268. The number of ether oxygens (including phenoxy) is 1. The molecule has 146 valence electrons. The van der Waals surface area contributed by atoms with Crippen LogP contribution in [-0.4, -0.2) is 77.1 Å². The van der Waals surface area contributed by atoms with Gasteiger partial charge in [-0.3, -0.25) is 4.90 Å². The Balaban J connectivity index is 1.74. The topological polar surface area (TPSA) is 100 Å². The van der Waals surface area contributed by atoms with Gasteiger partial charge >= 0.3 is 0 Å². The Labute approximate surface area is 156 Å². The Morgan fingerprint density at radius 2 is 1.92 bits per heavy atom. The van der Waals surface area contributed by atoms with Crippen molar-refractivity contribution in [1.82, 2.24) is 14.5 Å². The molecule has 0 amide bonds. The van der Waals surface area contributed by atoms with Crippen molar-refractivity contribution in [2.45, 2.75) is 17.9 Å². The first-order valence-corrected chi connectivity index (χ1v) is 10.2. The fourth-order valence-corrected chi connectivity index (χ4v) is 3.46. The number of sulfonamides is 1. The lowest BCUT2D eigenvalue weighted by Gasteiger charge is -2.26. The van der Waals surface area contributed by atoms with E-state index in [1.165, 1.54) is 18.4 Å². The average molecular weight is 384 g/mol. The molecule has 1 heterocycles. The standard InChI is InChI=1S/C17H29N5O3S/c1-21(2)26(23,24)16-6-4-15(5-7-16)14-20-17(18)19-8-3-9-22-10-12-25-13-11-22/h4-7H,3,8-14H2,1-2H3,(H3,18,19,20). The second kappa shape index (κ2) is 9.86. The number of nitrogens with one attached hydrogen (secondary N) is 1. The Morgan fingerprint density at radius 1 is 1.27 bits per heavy atom. The highest BCUT2D eigenvalue weighted by Gasteiger charge is 2.16. The largest absolute Gasteiger partial charge is 0.379 e. The summed E-state index contributed by atoms with van der Waals surface area (Å²) in [6, 6.07) is 6.69. The van der Waals surface area contributed by atoms with Crippen LogP contribution in [0.15, 0.2) is 34.2 Å². The molecular formula is C17H29N5O3S. The molecular weight excluding hydrogens is 354 g/mol. The van der Waals surface area contributed by atoms with Crippen molar-refractivity contribution in [3.8, 4) is 0 Å². The number of morpholine rings is 1. The number of rotatable bonds is 8. The van der Waals surface area contributed by atoms with Crippen LogP contribution in [0.2, 0.25) is 0 Å². The first-order chi connectivity index (χ1) is 12.4. The van der Waals surface area contributed by atoms with E-state index in [0.29, 0.717) is 12.5 Å². The van der Waals surface area contributed by atoms with E-state index < -0.39 is 10.0 Å². The molecule has 2 rings (SSSR count). The summed E-state index contributed by atoms with van der Waals surface area (Å²) in [4.78, 5) is 6.94. The van der Waals surface area contributed by atoms with Crippen molar-refractivity contribution in [1.29, 1.82) is 0 Å². The van der Waals surface area contributed by atoms with Crippen molar-refractivity contribution in [2.75, 3.05) is 53.5 Å². The van der Waals surface area contributed by atoms with Gasteiger partial charge in [0, 0.05) is 33.7 Å². The SMILES string of the molecule is CN(C)S(=O)(=O)c1ccc(CN=C(N)NCCCN2CCOCC2)cc1. The summed E-state index contributed by atoms with van der Waals surface area (Å²) >= 11 is 0. The third kappa shape index (κ3) is 6.24. The summed E-state index contributed by atoms with van der Waals surface area (Å²) < 4.78 is 30.6. The monoisotopic (exact) mass is 383 g/mol. The van der Waals surface area contributed by atoms with Gasteiger partial charge < -0.3 is 15.8 Å². The molecule has 26 heavy (non-hydrogen) atoms. The van der Waals surface area contributed by atoms with Crippen LogP contribution in [0.4, 0.5) is 0 Å². The van der Waals surface area contributed by atoms with Gasteiger partial charge in [0.2, 0.25) is 10.0 Å². The molecule has 0 aromatic heterocycles. The summed E-state index contributed by atoms with van der Waals surface area (Å²) in [5.74, 6) is 0.400. The second-order valence-electron chi connectivity index (χ2n) is 6.37. The van der Waals surface area contributed by atoms with Crippen LogP contribution in [0.5, 0.6) is 0 Å². The zero-order chi connectivity index (χ0) is 19.0. The number of nitrogens with zero attached hydrogens (tertiary/aromatic N) is 3. The molecule has 0 atom stereocenters. The molecule has 9 heteroatoms. The van der Waals surface area contributed by atoms with E-state index in [1.807, 2.05) is 0 Å². The zero-order valence-corrected chi connectivity index (χ0v) is 16.3. The van der Waals surface area contributed by atoms with Gasteiger partial charge in [0.05, 0.1) is 24.7 Å². The van der Waals surface area contributed by atoms with Gasteiger partial charge in [-0.1, -0.05) is 12.1 Å². The molecule has 0 saturated carbocycles. The molecule has 1 aromatic rings. The predicted octanol–water partition coefficient (Wildman–Crippen LogP) is 0.0635. The maximum atomic E-state index is 12.0. The number of hydrogen-bond acceptors (Lipinski definition) is 5. The number of hydrogen-bond donors (Lipinski definition) is 2. The van der Waals surface area contributed by atoms with E-state index in [-0.39, 0.29) is 4.90 Å². The molecule has 0 spiro atoms. The third-order valence-electron chi connectivity index (χ3n) is 4.19. The van der Waals surface area contributed by atoms with Crippen LogP contribution in [0, 0.1) is 0 Å². The summed E-state index contributed by atoms with van der Waals surface area (Å²) in [6.45, 7) is 5.80. The van der Waals surface area contributed by atoms with Crippen molar-refractivity contribution in [3.63, 3.8) is 0 Å². The number of nitrogens with two attached hydrogens (primary N) is 1. The normalized spacial score (nSPS) is 16.8. The highest BCUT2D eigenvalue weighted by atomic mass is 32.2. The van der Waals surface area contributed by atoms with Gasteiger partial charge in [-0.25, -0.2) is 17.7 Å².